The third-order valence-corrected chi connectivity index (χ3v) is 5.02. The quantitative estimate of drug-likeness (QED) is 0.306. The van der Waals surface area contributed by atoms with Gasteiger partial charge in [0.2, 0.25) is 0 Å². The van der Waals surface area contributed by atoms with Crippen LogP contribution in [-0.4, -0.2) is 54.2 Å². The molecule has 1 unspecified atom stereocenters. The molecule has 13 heteroatoms. The van der Waals surface area contributed by atoms with Gasteiger partial charge in [0.1, 0.15) is 11.4 Å². The molecule has 0 spiro atoms. The van der Waals surface area contributed by atoms with Gasteiger partial charge in [0.05, 0.1) is 35.7 Å². The second-order valence-electron chi connectivity index (χ2n) is 6.80. The average molecular weight is 506 g/mol. The van der Waals surface area contributed by atoms with Crippen LogP contribution in [0, 0.1) is 0 Å². The number of halogens is 4. The summed E-state index contributed by atoms with van der Waals surface area (Å²) in [5, 5.41) is 12.2. The molecule has 0 saturated carbocycles. The van der Waals surface area contributed by atoms with Gasteiger partial charge in [-0.1, -0.05) is 23.2 Å². The third kappa shape index (κ3) is 6.80. The summed E-state index contributed by atoms with van der Waals surface area (Å²) >= 11 is 11.9. The molecule has 1 aliphatic heterocycles. The number of benzene rings is 1. The number of nitrogens with zero attached hydrogens (tertiary/aromatic N) is 2. The second-order valence-corrected chi connectivity index (χ2v) is 7.62. The minimum atomic E-state index is -3.10. The Bertz CT molecular complexity index is 1070. The first kappa shape index (κ1) is 24.7. The predicted octanol–water partition coefficient (Wildman–Crippen LogP) is 3.05. The molecule has 2 N–H and O–H groups in total. The zero-order valence-electron chi connectivity index (χ0n) is 17.0. The van der Waals surface area contributed by atoms with Crippen LogP contribution in [0.2, 0.25) is 10.0 Å². The molecule has 1 fully saturated rings. The van der Waals surface area contributed by atoms with Gasteiger partial charge in [-0.15, -0.1) is 0 Å². The van der Waals surface area contributed by atoms with Crippen LogP contribution in [0.3, 0.4) is 0 Å². The maximum absolute atomic E-state index is 12.8. The highest BCUT2D eigenvalue weighted by Crippen LogP contribution is 2.30. The second kappa shape index (κ2) is 11.3. The number of amides is 1. The summed E-state index contributed by atoms with van der Waals surface area (Å²) in [6.07, 6.45) is 3.20. The third-order valence-electron chi connectivity index (χ3n) is 4.47. The normalized spacial score (nSPS) is 15.4. The van der Waals surface area contributed by atoms with Crippen molar-refractivity contribution in [3.8, 4) is 11.5 Å². The molecule has 0 radical (unpaired) electrons. The minimum Gasteiger partial charge on any atom is -0.490 e. The van der Waals surface area contributed by atoms with Crippen LogP contribution >= 0.6 is 23.2 Å². The van der Waals surface area contributed by atoms with Crippen molar-refractivity contribution in [3.63, 3.8) is 0 Å². The topological polar surface area (TPSA) is 111 Å². The fourth-order valence-electron chi connectivity index (χ4n) is 2.94. The van der Waals surface area contributed by atoms with Crippen molar-refractivity contribution >= 4 is 35.1 Å². The van der Waals surface area contributed by atoms with Crippen molar-refractivity contribution in [1.82, 2.24) is 10.0 Å². The Balaban J connectivity index is 1.72. The van der Waals surface area contributed by atoms with Gasteiger partial charge >= 0.3 is 12.6 Å². The van der Waals surface area contributed by atoms with Gasteiger partial charge in [0.25, 0.3) is 5.91 Å². The van der Waals surface area contributed by atoms with Gasteiger partial charge in [0.15, 0.2) is 11.5 Å². The SMILES string of the molecule is O=C(N=c1c(Cl)cn(O)cc1Cl)c1ccc(OC(F)F)c(OCCCNC2CCOC2=O)c1. The zero-order chi connectivity index (χ0) is 24.0. The van der Waals surface area contributed by atoms with Gasteiger partial charge in [0, 0.05) is 12.0 Å². The van der Waals surface area contributed by atoms with Crippen LogP contribution in [0.1, 0.15) is 23.2 Å². The first-order chi connectivity index (χ1) is 15.7. The van der Waals surface area contributed by atoms with E-state index in [0.29, 0.717) is 30.7 Å². The lowest BCUT2D eigenvalue weighted by Crippen LogP contribution is -2.34. The van der Waals surface area contributed by atoms with Crippen LogP contribution in [-0.2, 0) is 9.53 Å². The lowest BCUT2D eigenvalue weighted by atomic mass is 10.2. The maximum Gasteiger partial charge on any atom is 0.387 e. The van der Waals surface area contributed by atoms with E-state index in [1.54, 1.807) is 0 Å². The number of carbonyl (C=O) groups excluding carboxylic acids is 2. The van der Waals surface area contributed by atoms with Crippen molar-refractivity contribution in [1.29, 1.82) is 0 Å². The van der Waals surface area contributed by atoms with E-state index in [0.717, 1.165) is 18.5 Å². The van der Waals surface area contributed by atoms with Gasteiger partial charge in [-0.3, -0.25) is 9.59 Å². The average Bonchev–Trinajstić information content (AvgIpc) is 3.15. The summed E-state index contributed by atoms with van der Waals surface area (Å²) in [7, 11) is 0. The number of esters is 1. The first-order valence-corrected chi connectivity index (χ1v) is 10.5. The molecular formula is C20H19Cl2F2N3O6. The molecular weight excluding hydrogens is 487 g/mol. The van der Waals surface area contributed by atoms with Crippen LogP contribution in [0.25, 0.3) is 0 Å². The highest BCUT2D eigenvalue weighted by Gasteiger charge is 2.25. The Morgan fingerprint density at radius 1 is 1.30 bits per heavy atom. The van der Waals surface area contributed by atoms with Crippen molar-refractivity contribution in [3.05, 3.63) is 51.6 Å². The molecule has 1 aliphatic rings. The molecule has 178 valence electrons. The molecule has 0 bridgehead atoms. The van der Waals surface area contributed by atoms with Crippen LogP contribution < -0.4 is 20.1 Å². The molecule has 3 rings (SSSR count). The van der Waals surface area contributed by atoms with E-state index in [9.17, 15) is 23.6 Å². The Labute approximate surface area is 196 Å². The first-order valence-electron chi connectivity index (χ1n) is 9.72. The largest absolute Gasteiger partial charge is 0.490 e. The lowest BCUT2D eigenvalue weighted by molar-refractivity contribution is -0.139. The molecule has 1 saturated heterocycles. The maximum atomic E-state index is 12.8. The van der Waals surface area contributed by atoms with E-state index in [2.05, 4.69) is 15.0 Å². The Hall–Kier alpha value is -2.89. The summed E-state index contributed by atoms with van der Waals surface area (Å²) in [5.74, 6) is -1.43. The summed E-state index contributed by atoms with van der Waals surface area (Å²) in [4.78, 5) is 27.9. The smallest absolute Gasteiger partial charge is 0.387 e. The number of carbonyl (C=O) groups is 2. The van der Waals surface area contributed by atoms with E-state index in [1.165, 1.54) is 12.1 Å². The standard InChI is InChI=1S/C20H19Cl2F2N3O6/c21-12-9-27(30)10-13(22)17(12)26-18(28)11-2-3-15(33-20(23)24)16(8-11)31-6-1-5-25-14-4-7-32-19(14)29/h2-3,8-10,14,20,25,30H,1,4-7H2. The number of rotatable bonds is 9. The molecule has 1 atom stereocenters. The fraction of sp³-hybridized carbons (Fsp3) is 0.350. The van der Waals surface area contributed by atoms with E-state index in [4.69, 9.17) is 32.7 Å². The predicted molar refractivity (Wildman–Crippen MR) is 112 cm³/mol. The van der Waals surface area contributed by atoms with Crippen molar-refractivity contribution in [2.75, 3.05) is 19.8 Å². The summed E-state index contributed by atoms with van der Waals surface area (Å²) in [6, 6.07) is 3.23. The number of hydrogen-bond donors (Lipinski definition) is 2. The molecule has 9 nitrogen and oxygen atoms in total. The fourth-order valence-corrected chi connectivity index (χ4v) is 3.47. The zero-order valence-corrected chi connectivity index (χ0v) is 18.5. The number of ether oxygens (including phenoxy) is 3. The number of cyclic esters (lactones) is 1. The number of aromatic nitrogens is 1. The van der Waals surface area contributed by atoms with E-state index < -0.39 is 12.5 Å². The van der Waals surface area contributed by atoms with Crippen molar-refractivity contribution in [2.45, 2.75) is 25.5 Å². The van der Waals surface area contributed by atoms with Gasteiger partial charge < -0.3 is 24.7 Å². The van der Waals surface area contributed by atoms with E-state index >= 15 is 0 Å². The van der Waals surface area contributed by atoms with Gasteiger partial charge in [-0.2, -0.15) is 13.5 Å². The molecule has 1 amide bonds. The van der Waals surface area contributed by atoms with Crippen molar-refractivity contribution in [2.24, 2.45) is 4.99 Å². The van der Waals surface area contributed by atoms with Gasteiger partial charge in [-0.05, 0) is 31.2 Å². The van der Waals surface area contributed by atoms with E-state index in [1.807, 2.05) is 0 Å². The number of nitrogens with one attached hydrogen (secondary N) is 1. The summed E-state index contributed by atoms with van der Waals surface area (Å²) < 4.78 is 41.0. The monoisotopic (exact) mass is 505 g/mol. The molecule has 1 aromatic carbocycles. The van der Waals surface area contributed by atoms with Crippen molar-refractivity contribution < 1.29 is 37.8 Å². The van der Waals surface area contributed by atoms with Crippen LogP contribution in [0.4, 0.5) is 8.78 Å². The molecule has 0 aliphatic carbocycles. The molecule has 1 aromatic heterocycles. The Morgan fingerprint density at radius 2 is 2.03 bits per heavy atom. The highest BCUT2D eigenvalue weighted by atomic mass is 35.5. The number of hydrogen-bond acceptors (Lipinski definition) is 7. The lowest BCUT2D eigenvalue weighted by Gasteiger charge is -2.14. The molecule has 2 aromatic rings. The van der Waals surface area contributed by atoms with Gasteiger partial charge in [-0.25, -0.2) is 4.99 Å². The Kier molecular flexibility index (Phi) is 8.48. The highest BCUT2D eigenvalue weighted by molar-refractivity contribution is 6.34. The van der Waals surface area contributed by atoms with Crippen LogP contribution in [0.5, 0.6) is 11.5 Å². The molecule has 33 heavy (non-hydrogen) atoms. The number of alkyl halides is 2. The summed E-state index contributed by atoms with van der Waals surface area (Å²) in [6.45, 7) is -2.21. The Morgan fingerprint density at radius 3 is 2.67 bits per heavy atom. The molecule has 2 heterocycles. The summed E-state index contributed by atoms with van der Waals surface area (Å²) in [5.41, 5.74) is 0.00584. The van der Waals surface area contributed by atoms with Crippen LogP contribution in [0.15, 0.2) is 35.6 Å². The minimum absolute atomic E-state index is 0.00584. The number of pyridine rings is 1. The van der Waals surface area contributed by atoms with E-state index in [-0.39, 0.29) is 51.1 Å².